The Labute approximate surface area is 102 Å². The smallest absolute Gasteiger partial charge is 0.120 e. The van der Waals surface area contributed by atoms with Crippen molar-refractivity contribution in [1.82, 2.24) is 0 Å². The first kappa shape index (κ1) is 11.5. The van der Waals surface area contributed by atoms with Crippen molar-refractivity contribution in [1.29, 1.82) is 0 Å². The Balaban J connectivity index is 2.02. The van der Waals surface area contributed by atoms with E-state index in [0.717, 1.165) is 11.3 Å². The number of hydrogen-bond acceptors (Lipinski definition) is 1. The molecule has 0 fully saturated rings. The van der Waals surface area contributed by atoms with Gasteiger partial charge in [-0.2, -0.15) is 0 Å². The second kappa shape index (κ2) is 5.90. The molecule has 0 aliphatic carbocycles. The van der Waals surface area contributed by atoms with E-state index in [2.05, 4.69) is 24.3 Å². The van der Waals surface area contributed by atoms with Crippen LogP contribution >= 0.6 is 0 Å². The van der Waals surface area contributed by atoms with Crippen molar-refractivity contribution in [2.45, 2.75) is 13.5 Å². The lowest BCUT2D eigenvalue weighted by Gasteiger charge is -2.06. The molecule has 0 bridgehead atoms. The lowest BCUT2D eigenvalue weighted by molar-refractivity contribution is 0.306. The van der Waals surface area contributed by atoms with Crippen LogP contribution in [0.5, 0.6) is 5.75 Å². The summed E-state index contributed by atoms with van der Waals surface area (Å²) < 4.78 is 5.75. The normalized spacial score (nSPS) is 10.6. The fraction of sp³-hybridized carbons (Fsp3) is 0.125. The van der Waals surface area contributed by atoms with Crippen molar-refractivity contribution in [3.63, 3.8) is 0 Å². The zero-order valence-corrected chi connectivity index (χ0v) is 9.97. The highest BCUT2D eigenvalue weighted by Crippen LogP contribution is 2.16. The number of rotatable bonds is 4. The topological polar surface area (TPSA) is 9.23 Å². The van der Waals surface area contributed by atoms with Gasteiger partial charge in [0.1, 0.15) is 12.4 Å². The fourth-order valence-electron chi connectivity index (χ4n) is 1.64. The lowest BCUT2D eigenvalue weighted by atomic mass is 10.2. The molecule has 0 saturated heterocycles. The predicted molar refractivity (Wildman–Crippen MR) is 71.9 cm³/mol. The van der Waals surface area contributed by atoms with Gasteiger partial charge in [0.25, 0.3) is 0 Å². The summed E-state index contributed by atoms with van der Waals surface area (Å²) in [5.41, 5.74) is 2.35. The minimum Gasteiger partial charge on any atom is -0.489 e. The quantitative estimate of drug-likeness (QED) is 0.752. The largest absolute Gasteiger partial charge is 0.489 e. The molecule has 0 aliphatic rings. The molecule has 1 nitrogen and oxygen atoms in total. The summed E-state index contributed by atoms with van der Waals surface area (Å²) in [6.07, 6.45) is 4.09. The molecule has 0 aliphatic heterocycles. The summed E-state index contributed by atoms with van der Waals surface area (Å²) >= 11 is 0. The van der Waals surface area contributed by atoms with Crippen LogP contribution in [0.25, 0.3) is 6.08 Å². The van der Waals surface area contributed by atoms with Crippen LogP contribution in [0.2, 0.25) is 0 Å². The second-order valence-corrected chi connectivity index (χ2v) is 3.85. The minimum atomic E-state index is 0.611. The molecule has 86 valence electrons. The highest BCUT2D eigenvalue weighted by molar-refractivity contribution is 5.51. The van der Waals surface area contributed by atoms with E-state index in [4.69, 9.17) is 4.74 Å². The van der Waals surface area contributed by atoms with Gasteiger partial charge in [-0.05, 0) is 30.2 Å². The maximum Gasteiger partial charge on any atom is 0.120 e. The number of allylic oxidation sites excluding steroid dienone is 1. The molecule has 0 saturated carbocycles. The van der Waals surface area contributed by atoms with E-state index in [1.165, 1.54) is 5.56 Å². The first-order valence-electron chi connectivity index (χ1n) is 5.78. The van der Waals surface area contributed by atoms with Crippen molar-refractivity contribution in [3.8, 4) is 5.75 Å². The van der Waals surface area contributed by atoms with Crippen LogP contribution in [0.1, 0.15) is 18.1 Å². The highest BCUT2D eigenvalue weighted by atomic mass is 16.5. The first-order valence-corrected chi connectivity index (χ1v) is 5.78. The molecule has 0 N–H and O–H groups in total. The Kier molecular flexibility index (Phi) is 3.98. The summed E-state index contributed by atoms with van der Waals surface area (Å²) in [4.78, 5) is 0. The van der Waals surface area contributed by atoms with Gasteiger partial charge in [0.05, 0.1) is 0 Å². The Morgan fingerprint density at radius 1 is 1.00 bits per heavy atom. The average Bonchev–Trinajstić information content (AvgIpc) is 2.39. The maximum atomic E-state index is 5.75. The molecular weight excluding hydrogens is 208 g/mol. The second-order valence-electron chi connectivity index (χ2n) is 3.85. The Hall–Kier alpha value is -2.02. The fourth-order valence-corrected chi connectivity index (χ4v) is 1.64. The van der Waals surface area contributed by atoms with Gasteiger partial charge in [-0.1, -0.05) is 54.6 Å². The molecule has 0 radical (unpaired) electrons. The zero-order valence-electron chi connectivity index (χ0n) is 9.97. The van der Waals surface area contributed by atoms with E-state index in [1.54, 1.807) is 0 Å². The first-order chi connectivity index (χ1) is 8.38. The van der Waals surface area contributed by atoms with Crippen LogP contribution in [0.15, 0.2) is 60.7 Å². The van der Waals surface area contributed by atoms with E-state index in [0.29, 0.717) is 6.61 Å². The molecule has 2 rings (SSSR count). The van der Waals surface area contributed by atoms with Gasteiger partial charge in [0, 0.05) is 0 Å². The van der Waals surface area contributed by atoms with Crippen LogP contribution in [-0.2, 0) is 6.61 Å². The summed E-state index contributed by atoms with van der Waals surface area (Å²) in [5.74, 6) is 0.907. The monoisotopic (exact) mass is 224 g/mol. The summed E-state index contributed by atoms with van der Waals surface area (Å²) in [6.45, 7) is 2.62. The Morgan fingerprint density at radius 3 is 2.59 bits per heavy atom. The number of ether oxygens (including phenoxy) is 1. The standard InChI is InChI=1S/C16H16O/c1-2-7-14-10-6-11-16(12-14)17-13-15-8-4-3-5-9-15/h2-12H,13H2,1H3/b7-2-. The van der Waals surface area contributed by atoms with Gasteiger partial charge < -0.3 is 4.74 Å². The van der Waals surface area contributed by atoms with Crippen molar-refractivity contribution >= 4 is 6.08 Å². The van der Waals surface area contributed by atoms with E-state index < -0.39 is 0 Å². The van der Waals surface area contributed by atoms with Gasteiger partial charge in [-0.3, -0.25) is 0 Å². The van der Waals surface area contributed by atoms with Crippen molar-refractivity contribution in [3.05, 3.63) is 71.8 Å². The summed E-state index contributed by atoms with van der Waals surface area (Å²) in [6, 6.07) is 18.3. The molecular formula is C16H16O. The highest BCUT2D eigenvalue weighted by Gasteiger charge is 1.95. The van der Waals surface area contributed by atoms with Gasteiger partial charge in [0.2, 0.25) is 0 Å². The molecule has 1 heteroatoms. The van der Waals surface area contributed by atoms with Crippen molar-refractivity contribution < 1.29 is 4.74 Å². The van der Waals surface area contributed by atoms with E-state index in [1.807, 2.05) is 49.4 Å². The lowest BCUT2D eigenvalue weighted by Crippen LogP contribution is -1.94. The minimum absolute atomic E-state index is 0.611. The third-order valence-electron chi connectivity index (χ3n) is 2.47. The van der Waals surface area contributed by atoms with Gasteiger partial charge in [-0.25, -0.2) is 0 Å². The summed E-state index contributed by atoms with van der Waals surface area (Å²) in [7, 11) is 0. The third-order valence-corrected chi connectivity index (χ3v) is 2.47. The van der Waals surface area contributed by atoms with E-state index in [-0.39, 0.29) is 0 Å². The average molecular weight is 224 g/mol. The number of benzene rings is 2. The van der Waals surface area contributed by atoms with Gasteiger partial charge >= 0.3 is 0 Å². The van der Waals surface area contributed by atoms with Crippen LogP contribution in [0, 0.1) is 0 Å². The van der Waals surface area contributed by atoms with E-state index in [9.17, 15) is 0 Å². The van der Waals surface area contributed by atoms with Crippen molar-refractivity contribution in [2.75, 3.05) is 0 Å². The summed E-state index contributed by atoms with van der Waals surface area (Å²) in [5, 5.41) is 0. The molecule has 0 atom stereocenters. The predicted octanol–water partition coefficient (Wildman–Crippen LogP) is 4.30. The molecule has 2 aromatic carbocycles. The van der Waals surface area contributed by atoms with Gasteiger partial charge in [0.15, 0.2) is 0 Å². The zero-order chi connectivity index (χ0) is 11.9. The molecule has 0 amide bonds. The van der Waals surface area contributed by atoms with Crippen LogP contribution < -0.4 is 4.74 Å². The SMILES string of the molecule is C/C=C\c1cccc(OCc2ccccc2)c1. The van der Waals surface area contributed by atoms with Crippen LogP contribution in [0.4, 0.5) is 0 Å². The van der Waals surface area contributed by atoms with Crippen molar-refractivity contribution in [2.24, 2.45) is 0 Å². The molecule has 0 heterocycles. The van der Waals surface area contributed by atoms with Crippen LogP contribution in [-0.4, -0.2) is 0 Å². The van der Waals surface area contributed by atoms with E-state index >= 15 is 0 Å². The van der Waals surface area contributed by atoms with Gasteiger partial charge in [-0.15, -0.1) is 0 Å². The molecule has 17 heavy (non-hydrogen) atoms. The van der Waals surface area contributed by atoms with Crippen LogP contribution in [0.3, 0.4) is 0 Å². The molecule has 0 aromatic heterocycles. The third kappa shape index (κ3) is 3.49. The molecule has 0 unspecified atom stereocenters. The maximum absolute atomic E-state index is 5.75. The molecule has 2 aromatic rings. The Bertz CT molecular complexity index is 486. The Morgan fingerprint density at radius 2 is 1.82 bits per heavy atom. The molecule has 0 spiro atoms. The number of hydrogen-bond donors (Lipinski definition) is 0.